The fourth-order valence-corrected chi connectivity index (χ4v) is 8.99. The molecule has 1 aliphatic heterocycles. The van der Waals surface area contributed by atoms with Gasteiger partial charge in [0.25, 0.3) is 0 Å². The van der Waals surface area contributed by atoms with Gasteiger partial charge in [-0.25, -0.2) is 14.4 Å². The second kappa shape index (κ2) is 53.1. The lowest BCUT2D eigenvalue weighted by Gasteiger charge is -2.31. The van der Waals surface area contributed by atoms with Gasteiger partial charge in [-0.15, -0.1) is 0 Å². The highest BCUT2D eigenvalue weighted by molar-refractivity contribution is 14.1. The molecule has 1 fully saturated rings. The molecule has 2 rings (SSSR count). The summed E-state index contributed by atoms with van der Waals surface area (Å²) in [7, 11) is 3.98. The number of unbranched alkanes of at least 4 members (excludes halogenated alkanes) is 7. The summed E-state index contributed by atoms with van der Waals surface area (Å²) in [6.07, 6.45) is 9.12. The van der Waals surface area contributed by atoms with Crippen molar-refractivity contribution < 1.29 is 97.1 Å². The second-order valence-electron chi connectivity index (χ2n) is 20.6. The molecule has 9 N–H and O–H groups in total. The van der Waals surface area contributed by atoms with E-state index in [0.717, 1.165) is 29.5 Å². The number of nitrogens with zero attached hydrogens (tertiary/aromatic N) is 4. The van der Waals surface area contributed by atoms with Crippen LogP contribution in [-0.2, 0) is 78.3 Å². The number of carboxylic acids is 4. The maximum absolute atomic E-state index is 13.9. The summed E-state index contributed by atoms with van der Waals surface area (Å²) in [6.45, 7) is 5.04. The zero-order valence-corrected chi connectivity index (χ0v) is 52.0. The summed E-state index contributed by atoms with van der Waals surface area (Å²) >= 11 is 2.25. The van der Waals surface area contributed by atoms with Gasteiger partial charge in [-0.2, -0.15) is 28.8 Å². The zero-order valence-electron chi connectivity index (χ0n) is 49.9. The molecule has 0 saturated carbocycles. The van der Waals surface area contributed by atoms with Crippen molar-refractivity contribution in [3.05, 3.63) is 33.4 Å². The van der Waals surface area contributed by atoms with Crippen molar-refractivity contribution in [2.24, 2.45) is 0 Å². The third kappa shape index (κ3) is 48.6. The van der Waals surface area contributed by atoms with Gasteiger partial charge in [0.05, 0.1) is 13.1 Å². The van der Waals surface area contributed by atoms with E-state index in [2.05, 4.69) is 71.1 Å². The summed E-state index contributed by atoms with van der Waals surface area (Å²) in [6, 6.07) is 3.69. The number of hydrogen-bond acceptors (Lipinski definition) is 20. The van der Waals surface area contributed by atoms with Crippen LogP contribution >= 0.6 is 22.6 Å². The van der Waals surface area contributed by atoms with Crippen LogP contribution in [0, 0.1) is 3.57 Å². The number of halogens is 1. The van der Waals surface area contributed by atoms with Crippen molar-refractivity contribution in [3.8, 4) is 0 Å². The number of Topliss-reactive ketones (excluding diaryl/α,β-unsaturated/α-hetero) is 2. The highest BCUT2D eigenvalue weighted by atomic mass is 127. The van der Waals surface area contributed by atoms with E-state index in [1.807, 2.05) is 36.0 Å². The number of hydrogen-bond donors (Lipinski definition) is 9. The molecule has 1 saturated heterocycles. The number of benzene rings is 1. The number of carbonyl (C=O) groups excluding carboxylic acids is 12. The first kappa shape index (κ1) is 81.9. The van der Waals surface area contributed by atoms with Crippen LogP contribution in [0.15, 0.2) is 24.3 Å². The number of rotatable bonds is 39. The van der Waals surface area contributed by atoms with Crippen LogP contribution in [-0.4, -0.2) is 228 Å². The molecule has 1 aromatic carbocycles. The van der Waals surface area contributed by atoms with Gasteiger partial charge in [0.1, 0.15) is 29.7 Å². The van der Waals surface area contributed by atoms with Gasteiger partial charge >= 0.3 is 48.4 Å². The predicted molar refractivity (Wildman–Crippen MR) is 316 cm³/mol. The lowest BCUT2D eigenvalue weighted by Crippen LogP contribution is -2.54. The first-order valence-electron chi connectivity index (χ1n) is 28.8. The van der Waals surface area contributed by atoms with Crippen molar-refractivity contribution in [1.82, 2.24) is 46.2 Å². The average Bonchev–Trinajstić information content (AvgIpc) is 3.53. The number of ketones is 2. The third-order valence-corrected chi connectivity index (χ3v) is 14.2. The number of aliphatic carboxylic acids is 4. The highest BCUT2D eigenvalue weighted by Crippen LogP contribution is 2.14. The Bertz CT molecular complexity index is 2300. The van der Waals surface area contributed by atoms with Crippen molar-refractivity contribution in [1.29, 1.82) is 0 Å². The van der Waals surface area contributed by atoms with Crippen LogP contribution in [0.4, 0.5) is 4.79 Å². The first-order valence-corrected chi connectivity index (χ1v) is 29.9. The Labute approximate surface area is 520 Å². The molecule has 87 heavy (non-hydrogen) atoms. The minimum atomic E-state index is -1.33. The molecule has 488 valence electrons. The van der Waals surface area contributed by atoms with E-state index in [9.17, 15) is 63.3 Å². The Kier molecular flexibility index (Phi) is 50.0. The normalized spacial score (nSPS) is 14.0. The summed E-state index contributed by atoms with van der Waals surface area (Å²) in [5.74, 6) is -6.01. The summed E-state index contributed by atoms with van der Waals surface area (Å²) in [5.41, 5.74) is 1.18. The maximum atomic E-state index is 13.9. The summed E-state index contributed by atoms with van der Waals surface area (Å²) in [5, 5.41) is 50.6. The van der Waals surface area contributed by atoms with Gasteiger partial charge in [0.2, 0.25) is 17.7 Å². The van der Waals surface area contributed by atoms with Gasteiger partial charge in [-0.3, -0.25) is 43.4 Å². The second-order valence-corrected chi connectivity index (χ2v) is 21.8. The van der Waals surface area contributed by atoms with Crippen LogP contribution < -0.4 is 26.6 Å². The Morgan fingerprint density at radius 3 is 1.43 bits per heavy atom. The van der Waals surface area contributed by atoms with E-state index in [1.165, 1.54) is 5.56 Å². The van der Waals surface area contributed by atoms with Gasteiger partial charge in [-0.05, 0) is 125 Å². The number of amides is 5. The fourth-order valence-electron chi connectivity index (χ4n) is 8.63. The lowest BCUT2D eigenvalue weighted by molar-refractivity contribution is -0.193. The number of likely N-dealkylation sites (N-methyl/N-ethyl adjacent to an activating group) is 2. The van der Waals surface area contributed by atoms with E-state index >= 15 is 0 Å². The molecule has 1 heterocycles. The van der Waals surface area contributed by atoms with Crippen molar-refractivity contribution in [2.45, 2.75) is 153 Å². The smallest absolute Gasteiger partial charge is 0.373 e. The number of carboxylic acid groups (broad SMARTS) is 4. The quantitative estimate of drug-likeness (QED) is 0.0334. The van der Waals surface area contributed by atoms with E-state index in [1.54, 1.807) is 0 Å². The predicted octanol–water partition coefficient (Wildman–Crippen LogP) is 1.60. The maximum Gasteiger partial charge on any atom is 0.373 e. The fraction of sp³-hybridized carbons (Fsp3) is 0.667. The Morgan fingerprint density at radius 1 is 0.460 bits per heavy atom. The zero-order chi connectivity index (χ0) is 65.8. The minimum absolute atomic E-state index is 0.0482. The molecule has 0 aliphatic carbocycles. The van der Waals surface area contributed by atoms with Crippen LogP contribution in [0.5, 0.6) is 0 Å². The average molecular weight is 1350 g/mol. The van der Waals surface area contributed by atoms with Crippen molar-refractivity contribution >= 4 is 100 Å². The van der Waals surface area contributed by atoms with Gasteiger partial charge in [0, 0.05) is 108 Å². The van der Waals surface area contributed by atoms with Crippen molar-refractivity contribution in [2.75, 3.05) is 92.6 Å². The van der Waals surface area contributed by atoms with Crippen LogP contribution in [0.2, 0.25) is 0 Å². The van der Waals surface area contributed by atoms with Gasteiger partial charge < -0.3 is 56.8 Å². The Morgan fingerprint density at radius 2 is 0.897 bits per heavy atom. The molecule has 30 heteroatoms. The largest absolute Gasteiger partial charge is 0.481 e. The van der Waals surface area contributed by atoms with Crippen LogP contribution in [0.3, 0.4) is 0 Å². The van der Waals surface area contributed by atoms with E-state index in [0.29, 0.717) is 129 Å². The monoisotopic (exact) mass is 1350 g/mol. The van der Waals surface area contributed by atoms with Crippen LogP contribution in [0.25, 0.3) is 0 Å². The van der Waals surface area contributed by atoms with E-state index in [-0.39, 0.29) is 87.7 Å². The molecule has 5 amide bonds. The molecule has 3 atom stereocenters. The Balaban J connectivity index is 0. The molecule has 0 aromatic heterocycles. The number of urea groups is 1. The molecular formula is C57H88IN9O20. The molecule has 0 spiro atoms. The molecule has 1 aliphatic rings. The SMILES string of the molecule is CN1CCN(C)CCN(CC(=O)NC(CCC(=O)CCCCCCC(=O)NCCCCCNC(=O)NC(CCC(=O)O)C(=O)O)C(=O)NC(CCCCCC(=O)CCCc2ccc(I)cc2)C(=O)O)CCN(CC(=O)O)CC1.O=C=O.O=C=O.O=C=O. The molecular weight excluding hydrogens is 1260 g/mol. The summed E-state index contributed by atoms with van der Waals surface area (Å²) in [4.78, 5) is 181. The molecule has 0 radical (unpaired) electrons. The van der Waals surface area contributed by atoms with Crippen LogP contribution in [0.1, 0.15) is 134 Å². The number of nitrogens with one attached hydrogen (secondary N) is 5. The standard InChI is InChI=1S/C54H88IN9O14.3CO2/c1-61-30-31-62(2)33-35-64(39-50(71)72)37-36-63(34-32-61)38-48(68)58-44(51(73)59-45(52(74)75)18-9-5-8-15-42(65)17-13-14-40-20-22-41(55)23-21-40)25-24-43(66)16-7-3-4-10-19-47(67)56-28-11-6-12-29-57-54(78)60-46(53(76)77)26-27-49(69)70;3*2-1-3/h20-23,44-46H,3-19,24-39H2,1-2H3,(H,56,67)(H,58,68)(H,59,73)(H,69,70)(H,71,72)(H,74,75)(H,76,77)(H2,57,60,78);;;. The van der Waals surface area contributed by atoms with Crippen molar-refractivity contribution in [3.63, 3.8) is 0 Å². The molecule has 0 bridgehead atoms. The summed E-state index contributed by atoms with van der Waals surface area (Å²) < 4.78 is 1.15. The topological polar surface area (TPSA) is 427 Å². The van der Waals surface area contributed by atoms with E-state index < -0.39 is 66.3 Å². The van der Waals surface area contributed by atoms with E-state index in [4.69, 9.17) is 33.9 Å². The molecule has 29 nitrogen and oxygen atoms in total. The molecule has 1 aromatic rings. The van der Waals surface area contributed by atoms with Gasteiger partial charge in [0.15, 0.2) is 0 Å². The molecule has 3 unspecified atom stereocenters. The number of carbonyl (C=O) groups is 10. The number of aryl methyl sites for hydroxylation is 1. The highest BCUT2D eigenvalue weighted by Gasteiger charge is 2.28. The lowest BCUT2D eigenvalue weighted by atomic mass is 10.0. The van der Waals surface area contributed by atoms with Gasteiger partial charge in [-0.1, -0.05) is 37.8 Å². The Hall–Kier alpha value is -7.17. The third-order valence-electron chi connectivity index (χ3n) is 13.5. The minimum Gasteiger partial charge on any atom is -0.481 e. The first-order chi connectivity index (χ1) is 41.4.